The fourth-order valence-electron chi connectivity index (χ4n) is 0.808. The zero-order chi connectivity index (χ0) is 9.84. The Bertz CT molecular complexity index is 325. The van der Waals surface area contributed by atoms with Gasteiger partial charge in [-0.3, -0.25) is 5.41 Å². The summed E-state index contributed by atoms with van der Waals surface area (Å²) in [6.07, 6.45) is 0. The molecule has 0 aliphatic carbocycles. The van der Waals surface area contributed by atoms with Crippen LogP contribution in [0.15, 0.2) is 18.2 Å². The Morgan fingerprint density at radius 3 is 2.54 bits per heavy atom. The van der Waals surface area contributed by atoms with Crippen LogP contribution in [0.2, 0.25) is 0 Å². The standard InChI is InChI=1S/C8H11N3O2/c1-10-8(9)11-5-2-3-6(12)7(13)4-5/h2-4,12-13H,1H3,(H3,9,10,11). The number of nitrogens with one attached hydrogen (secondary N) is 3. The van der Waals surface area contributed by atoms with Gasteiger partial charge in [-0.25, -0.2) is 0 Å². The number of phenols is 2. The van der Waals surface area contributed by atoms with E-state index in [1.54, 1.807) is 13.1 Å². The molecule has 0 aliphatic heterocycles. The molecule has 0 saturated carbocycles. The maximum absolute atomic E-state index is 9.10. The highest BCUT2D eigenvalue weighted by Crippen LogP contribution is 2.27. The number of guanidine groups is 1. The quantitative estimate of drug-likeness (QED) is 0.191. The first-order valence-electron chi connectivity index (χ1n) is 3.69. The first-order valence-corrected chi connectivity index (χ1v) is 3.69. The van der Waals surface area contributed by atoms with E-state index in [-0.39, 0.29) is 17.5 Å². The highest BCUT2D eigenvalue weighted by atomic mass is 16.3. The van der Waals surface area contributed by atoms with Gasteiger partial charge >= 0.3 is 0 Å². The molecular formula is C8H11N3O2. The van der Waals surface area contributed by atoms with Crippen LogP contribution in [0.25, 0.3) is 0 Å². The summed E-state index contributed by atoms with van der Waals surface area (Å²) in [6.45, 7) is 0. The van der Waals surface area contributed by atoms with E-state index in [9.17, 15) is 0 Å². The van der Waals surface area contributed by atoms with Gasteiger partial charge < -0.3 is 20.8 Å². The maximum Gasteiger partial charge on any atom is 0.192 e. The molecule has 1 rings (SSSR count). The number of benzene rings is 1. The second-order valence-electron chi connectivity index (χ2n) is 2.45. The summed E-state index contributed by atoms with van der Waals surface area (Å²) in [7, 11) is 1.61. The summed E-state index contributed by atoms with van der Waals surface area (Å²) >= 11 is 0. The normalized spacial score (nSPS) is 9.31. The lowest BCUT2D eigenvalue weighted by Gasteiger charge is -2.07. The molecule has 0 radical (unpaired) electrons. The van der Waals surface area contributed by atoms with Crippen molar-refractivity contribution < 1.29 is 10.2 Å². The van der Waals surface area contributed by atoms with Crippen molar-refractivity contribution in [3.05, 3.63) is 18.2 Å². The third-order valence-corrected chi connectivity index (χ3v) is 1.49. The predicted molar refractivity (Wildman–Crippen MR) is 50.2 cm³/mol. The largest absolute Gasteiger partial charge is 0.504 e. The Kier molecular flexibility index (Phi) is 2.59. The highest BCUT2D eigenvalue weighted by Gasteiger charge is 2.00. The Hall–Kier alpha value is -1.91. The van der Waals surface area contributed by atoms with Gasteiger partial charge in [0.15, 0.2) is 17.5 Å². The van der Waals surface area contributed by atoms with Crippen LogP contribution in [-0.4, -0.2) is 23.2 Å². The Balaban J connectivity index is 2.79. The lowest BCUT2D eigenvalue weighted by atomic mass is 10.3. The summed E-state index contributed by atoms with van der Waals surface area (Å²) < 4.78 is 0. The van der Waals surface area contributed by atoms with Crippen LogP contribution in [0.3, 0.4) is 0 Å². The second kappa shape index (κ2) is 3.66. The summed E-state index contributed by atoms with van der Waals surface area (Å²) in [6, 6.07) is 4.24. The van der Waals surface area contributed by atoms with Gasteiger partial charge in [-0.05, 0) is 12.1 Å². The van der Waals surface area contributed by atoms with E-state index < -0.39 is 0 Å². The zero-order valence-electron chi connectivity index (χ0n) is 7.13. The number of anilines is 1. The molecule has 13 heavy (non-hydrogen) atoms. The average Bonchev–Trinajstić information content (AvgIpc) is 2.11. The lowest BCUT2D eigenvalue weighted by Crippen LogP contribution is -2.25. The van der Waals surface area contributed by atoms with E-state index in [0.29, 0.717) is 5.69 Å². The number of hydrogen-bond donors (Lipinski definition) is 5. The summed E-state index contributed by atoms with van der Waals surface area (Å²) in [4.78, 5) is 0. The predicted octanol–water partition coefficient (Wildman–Crippen LogP) is 0.664. The fraction of sp³-hybridized carbons (Fsp3) is 0.125. The molecule has 0 aromatic heterocycles. The monoisotopic (exact) mass is 181 g/mol. The van der Waals surface area contributed by atoms with E-state index in [1.165, 1.54) is 12.1 Å². The molecule has 1 aromatic carbocycles. The molecule has 0 saturated heterocycles. The van der Waals surface area contributed by atoms with Crippen molar-refractivity contribution in [3.63, 3.8) is 0 Å². The van der Waals surface area contributed by atoms with Gasteiger partial charge in [0.2, 0.25) is 0 Å². The lowest BCUT2D eigenvalue weighted by molar-refractivity contribution is 0.404. The van der Waals surface area contributed by atoms with E-state index in [0.717, 1.165) is 0 Å². The van der Waals surface area contributed by atoms with Crippen molar-refractivity contribution in [1.82, 2.24) is 5.32 Å². The van der Waals surface area contributed by atoms with Gasteiger partial charge in [-0.1, -0.05) is 0 Å². The zero-order valence-corrected chi connectivity index (χ0v) is 7.13. The van der Waals surface area contributed by atoms with Crippen molar-refractivity contribution >= 4 is 11.6 Å². The molecule has 5 nitrogen and oxygen atoms in total. The minimum atomic E-state index is -0.214. The SMILES string of the molecule is CNC(=N)Nc1ccc(O)c(O)c1. The van der Waals surface area contributed by atoms with Gasteiger partial charge in [-0.15, -0.1) is 0 Å². The van der Waals surface area contributed by atoms with Crippen molar-refractivity contribution in [3.8, 4) is 11.5 Å². The molecular weight excluding hydrogens is 170 g/mol. The molecule has 70 valence electrons. The Morgan fingerprint density at radius 2 is 2.00 bits per heavy atom. The molecule has 0 atom stereocenters. The van der Waals surface area contributed by atoms with Gasteiger partial charge in [0, 0.05) is 18.8 Å². The first-order chi connectivity index (χ1) is 6.13. The molecule has 5 N–H and O–H groups in total. The smallest absolute Gasteiger partial charge is 0.192 e. The molecule has 0 bridgehead atoms. The van der Waals surface area contributed by atoms with E-state index in [1.807, 2.05) is 0 Å². The maximum atomic E-state index is 9.10. The Labute approximate surface area is 75.5 Å². The van der Waals surface area contributed by atoms with Crippen LogP contribution in [0.5, 0.6) is 11.5 Å². The van der Waals surface area contributed by atoms with Gasteiger partial charge in [-0.2, -0.15) is 0 Å². The first kappa shape index (κ1) is 9.18. The van der Waals surface area contributed by atoms with Crippen LogP contribution in [0.1, 0.15) is 0 Å². The van der Waals surface area contributed by atoms with Crippen molar-refractivity contribution in [2.24, 2.45) is 0 Å². The molecule has 0 spiro atoms. The van der Waals surface area contributed by atoms with Crippen LogP contribution in [-0.2, 0) is 0 Å². The van der Waals surface area contributed by atoms with E-state index >= 15 is 0 Å². The number of hydrogen-bond acceptors (Lipinski definition) is 3. The molecule has 0 aliphatic rings. The van der Waals surface area contributed by atoms with Crippen LogP contribution < -0.4 is 10.6 Å². The topological polar surface area (TPSA) is 88.4 Å². The minimum absolute atomic E-state index is 0.116. The van der Waals surface area contributed by atoms with Gasteiger partial charge in [0.05, 0.1) is 0 Å². The van der Waals surface area contributed by atoms with Crippen molar-refractivity contribution in [2.45, 2.75) is 0 Å². The van der Waals surface area contributed by atoms with Crippen LogP contribution in [0, 0.1) is 5.41 Å². The van der Waals surface area contributed by atoms with Crippen molar-refractivity contribution in [2.75, 3.05) is 12.4 Å². The summed E-state index contributed by atoms with van der Waals surface area (Å²) in [5, 5.41) is 30.6. The van der Waals surface area contributed by atoms with Crippen LogP contribution >= 0.6 is 0 Å². The van der Waals surface area contributed by atoms with Gasteiger partial charge in [0.1, 0.15) is 0 Å². The van der Waals surface area contributed by atoms with Crippen LogP contribution in [0.4, 0.5) is 5.69 Å². The third-order valence-electron chi connectivity index (χ3n) is 1.49. The summed E-state index contributed by atoms with van der Waals surface area (Å²) in [5.74, 6) is -0.277. The molecule has 5 heteroatoms. The highest BCUT2D eigenvalue weighted by molar-refractivity contribution is 5.91. The number of aromatic hydroxyl groups is 2. The molecule has 1 aromatic rings. The number of phenolic OH excluding ortho intramolecular Hbond substituents is 2. The van der Waals surface area contributed by atoms with Gasteiger partial charge in [0.25, 0.3) is 0 Å². The minimum Gasteiger partial charge on any atom is -0.504 e. The summed E-state index contributed by atoms with van der Waals surface area (Å²) in [5.41, 5.74) is 0.537. The second-order valence-corrected chi connectivity index (χ2v) is 2.45. The third kappa shape index (κ3) is 2.26. The molecule has 0 heterocycles. The van der Waals surface area contributed by atoms with E-state index in [2.05, 4.69) is 10.6 Å². The van der Waals surface area contributed by atoms with E-state index in [4.69, 9.17) is 15.6 Å². The molecule has 0 fully saturated rings. The number of rotatable bonds is 1. The molecule has 0 amide bonds. The fourth-order valence-corrected chi connectivity index (χ4v) is 0.808. The Morgan fingerprint density at radius 1 is 1.31 bits per heavy atom. The average molecular weight is 181 g/mol. The molecule has 0 unspecified atom stereocenters. The van der Waals surface area contributed by atoms with Crippen molar-refractivity contribution in [1.29, 1.82) is 5.41 Å².